The van der Waals surface area contributed by atoms with Crippen LogP contribution in [0.25, 0.3) is 23.0 Å². The minimum absolute atomic E-state index is 0.0971. The van der Waals surface area contributed by atoms with Crippen LogP contribution in [-0.4, -0.2) is 57.3 Å². The van der Waals surface area contributed by atoms with E-state index in [-0.39, 0.29) is 10.8 Å². The number of thioether (sulfide) groups is 1. The molecule has 5 rings (SSSR count). The molecule has 2 aliphatic rings. The van der Waals surface area contributed by atoms with Crippen molar-refractivity contribution in [1.29, 1.82) is 0 Å². The van der Waals surface area contributed by atoms with E-state index in [2.05, 4.69) is 13.8 Å². The van der Waals surface area contributed by atoms with Crippen LogP contribution in [0.15, 0.2) is 70.6 Å². The van der Waals surface area contributed by atoms with Gasteiger partial charge in [-0.2, -0.15) is 9.40 Å². The molecule has 0 spiro atoms. The molecule has 2 aliphatic heterocycles. The summed E-state index contributed by atoms with van der Waals surface area (Å²) >= 11 is 6.83. The van der Waals surface area contributed by atoms with Crippen molar-refractivity contribution < 1.29 is 13.2 Å². The second-order valence-electron chi connectivity index (χ2n) is 10.4. The molecule has 3 aromatic rings. The molecule has 2 fully saturated rings. The molecule has 3 heterocycles. The van der Waals surface area contributed by atoms with Crippen LogP contribution in [0.2, 0.25) is 0 Å². The highest BCUT2D eigenvalue weighted by molar-refractivity contribution is 8.26. The van der Waals surface area contributed by atoms with Crippen LogP contribution in [0.3, 0.4) is 0 Å². The molecule has 0 aliphatic carbocycles. The van der Waals surface area contributed by atoms with Crippen molar-refractivity contribution in [3.05, 3.63) is 71.3 Å². The number of aromatic nitrogens is 2. The number of carbonyl (C=O) groups is 1. The SMILES string of the molecule is CCCCCN1C(=O)/C(=C/c2cn(-c3ccccc3)nc2-c2cccc(S(=O)(=O)N3CCC(C)CC3)c2)SC1=S. The number of benzene rings is 2. The van der Waals surface area contributed by atoms with Crippen molar-refractivity contribution in [1.82, 2.24) is 19.0 Å². The second-order valence-corrected chi connectivity index (χ2v) is 14.0. The first-order valence-electron chi connectivity index (χ1n) is 13.8. The third-order valence-corrected chi connectivity index (χ3v) is 10.7. The molecule has 2 saturated heterocycles. The summed E-state index contributed by atoms with van der Waals surface area (Å²) in [4.78, 5) is 15.7. The normalized spacial score (nSPS) is 18.2. The molecule has 40 heavy (non-hydrogen) atoms. The summed E-state index contributed by atoms with van der Waals surface area (Å²) in [6.07, 6.45) is 8.45. The number of rotatable bonds is 9. The van der Waals surface area contributed by atoms with Gasteiger partial charge in [-0.1, -0.05) is 81.0 Å². The maximum Gasteiger partial charge on any atom is 0.266 e. The molecule has 7 nitrogen and oxygen atoms in total. The third kappa shape index (κ3) is 6.10. The van der Waals surface area contributed by atoms with Gasteiger partial charge in [-0.15, -0.1) is 0 Å². The van der Waals surface area contributed by atoms with Crippen molar-refractivity contribution in [3.63, 3.8) is 0 Å². The monoisotopic (exact) mass is 594 g/mol. The fourth-order valence-corrected chi connectivity index (χ4v) is 7.78. The molecule has 2 aromatic carbocycles. The summed E-state index contributed by atoms with van der Waals surface area (Å²) in [6.45, 7) is 5.96. The van der Waals surface area contributed by atoms with E-state index in [0.717, 1.165) is 43.4 Å². The zero-order valence-corrected chi connectivity index (χ0v) is 25.3. The molecule has 0 N–H and O–H groups in total. The molecule has 1 aromatic heterocycles. The van der Waals surface area contributed by atoms with Gasteiger partial charge in [0.1, 0.15) is 10.0 Å². The lowest BCUT2D eigenvalue weighted by Crippen LogP contribution is -2.37. The van der Waals surface area contributed by atoms with Gasteiger partial charge in [0.15, 0.2) is 0 Å². The molecule has 0 unspecified atom stereocenters. The fourth-order valence-electron chi connectivity index (χ4n) is 4.96. The lowest BCUT2D eigenvalue weighted by molar-refractivity contribution is -0.122. The minimum atomic E-state index is -3.63. The fraction of sp³-hybridized carbons (Fsp3) is 0.367. The highest BCUT2D eigenvalue weighted by Gasteiger charge is 2.32. The molecule has 0 atom stereocenters. The lowest BCUT2D eigenvalue weighted by Gasteiger charge is -2.29. The second kappa shape index (κ2) is 12.4. The number of thiocarbonyl (C=S) groups is 1. The van der Waals surface area contributed by atoms with Gasteiger partial charge in [0, 0.05) is 37.0 Å². The minimum Gasteiger partial charge on any atom is -0.293 e. The predicted molar refractivity (Wildman–Crippen MR) is 166 cm³/mol. The Bertz CT molecular complexity index is 1520. The Morgan fingerprint density at radius 2 is 1.82 bits per heavy atom. The number of amides is 1. The Morgan fingerprint density at radius 1 is 1.07 bits per heavy atom. The van der Waals surface area contributed by atoms with E-state index in [9.17, 15) is 13.2 Å². The maximum absolute atomic E-state index is 13.5. The standard InChI is InChI=1S/C30H34N4O3S3/c1-3-4-8-16-33-29(35)27(39-30(33)38)20-24-21-34(25-11-6-5-7-12-25)31-28(24)23-10-9-13-26(19-23)40(36,37)32-17-14-22(2)15-18-32/h5-7,9-13,19-22H,3-4,8,14-18H2,1-2H3/b27-20-. The number of sulfonamides is 1. The molecular formula is C30H34N4O3S3. The number of hydrogen-bond donors (Lipinski definition) is 0. The Kier molecular flexibility index (Phi) is 8.89. The number of unbranched alkanes of at least 4 members (excludes halogenated alkanes) is 2. The van der Waals surface area contributed by atoms with Crippen molar-refractivity contribution in [2.24, 2.45) is 5.92 Å². The highest BCUT2D eigenvalue weighted by Crippen LogP contribution is 2.36. The van der Waals surface area contributed by atoms with Crippen LogP contribution < -0.4 is 0 Å². The smallest absolute Gasteiger partial charge is 0.266 e. The van der Waals surface area contributed by atoms with Crippen LogP contribution in [0.1, 0.15) is 51.5 Å². The van der Waals surface area contributed by atoms with Gasteiger partial charge in [-0.05, 0) is 55.5 Å². The summed E-state index contributed by atoms with van der Waals surface area (Å²) in [5, 5.41) is 4.86. The largest absolute Gasteiger partial charge is 0.293 e. The number of hydrogen-bond acceptors (Lipinski definition) is 6. The van der Waals surface area contributed by atoms with Crippen LogP contribution >= 0.6 is 24.0 Å². The van der Waals surface area contributed by atoms with E-state index in [1.54, 1.807) is 32.1 Å². The van der Waals surface area contributed by atoms with Crippen molar-refractivity contribution >= 4 is 50.3 Å². The first-order valence-corrected chi connectivity index (χ1v) is 16.5. The molecule has 10 heteroatoms. The first-order chi connectivity index (χ1) is 19.3. The zero-order valence-electron chi connectivity index (χ0n) is 22.8. The first kappa shape index (κ1) is 28.7. The Hall–Kier alpha value is -2.79. The predicted octanol–water partition coefficient (Wildman–Crippen LogP) is 6.35. The molecule has 0 saturated carbocycles. The van der Waals surface area contributed by atoms with Gasteiger partial charge in [0.2, 0.25) is 10.0 Å². The van der Waals surface area contributed by atoms with Gasteiger partial charge in [-0.25, -0.2) is 13.1 Å². The topological polar surface area (TPSA) is 75.5 Å². The van der Waals surface area contributed by atoms with E-state index in [4.69, 9.17) is 17.3 Å². The third-order valence-electron chi connectivity index (χ3n) is 7.40. The van der Waals surface area contributed by atoms with E-state index in [0.29, 0.717) is 46.0 Å². The van der Waals surface area contributed by atoms with Gasteiger partial charge in [0.05, 0.1) is 15.5 Å². The highest BCUT2D eigenvalue weighted by atomic mass is 32.2. The van der Waals surface area contributed by atoms with Gasteiger partial charge in [-0.3, -0.25) is 9.69 Å². The number of para-hydroxylation sites is 1. The van der Waals surface area contributed by atoms with E-state index >= 15 is 0 Å². The molecule has 210 valence electrons. The summed E-state index contributed by atoms with van der Waals surface area (Å²) < 4.78 is 30.9. The van der Waals surface area contributed by atoms with Crippen molar-refractivity contribution in [3.8, 4) is 16.9 Å². The molecule has 1 amide bonds. The Labute approximate surface area is 246 Å². The number of piperidine rings is 1. The molecule has 0 bridgehead atoms. The molecular weight excluding hydrogens is 561 g/mol. The van der Waals surface area contributed by atoms with Crippen LogP contribution in [0, 0.1) is 5.92 Å². The van der Waals surface area contributed by atoms with Gasteiger partial charge in [0.25, 0.3) is 5.91 Å². The summed E-state index contributed by atoms with van der Waals surface area (Å²) in [5.41, 5.74) is 2.86. The number of nitrogens with zero attached hydrogens (tertiary/aromatic N) is 4. The van der Waals surface area contributed by atoms with Gasteiger partial charge >= 0.3 is 0 Å². The summed E-state index contributed by atoms with van der Waals surface area (Å²) in [7, 11) is -3.63. The quantitative estimate of drug-likeness (QED) is 0.163. The summed E-state index contributed by atoms with van der Waals surface area (Å²) in [6, 6.07) is 16.7. The lowest BCUT2D eigenvalue weighted by atomic mass is 10.0. The number of carbonyl (C=O) groups excluding carboxylic acids is 1. The van der Waals surface area contributed by atoms with Crippen LogP contribution in [-0.2, 0) is 14.8 Å². The van der Waals surface area contributed by atoms with Gasteiger partial charge < -0.3 is 0 Å². The Morgan fingerprint density at radius 3 is 2.55 bits per heavy atom. The van der Waals surface area contributed by atoms with E-state index in [1.807, 2.05) is 48.7 Å². The summed E-state index contributed by atoms with van der Waals surface area (Å²) in [5.74, 6) is 0.433. The van der Waals surface area contributed by atoms with Crippen LogP contribution in [0.4, 0.5) is 0 Å². The Balaban J connectivity index is 1.52. The maximum atomic E-state index is 13.5. The van der Waals surface area contributed by atoms with Crippen molar-refractivity contribution in [2.75, 3.05) is 19.6 Å². The van der Waals surface area contributed by atoms with E-state index < -0.39 is 10.0 Å². The molecule has 0 radical (unpaired) electrons. The zero-order chi connectivity index (χ0) is 28.3. The van der Waals surface area contributed by atoms with E-state index in [1.165, 1.54) is 11.8 Å². The van der Waals surface area contributed by atoms with Crippen molar-refractivity contribution in [2.45, 2.75) is 50.8 Å². The van der Waals surface area contributed by atoms with Crippen LogP contribution in [0.5, 0.6) is 0 Å². The average Bonchev–Trinajstić information content (AvgIpc) is 3.50. The average molecular weight is 595 g/mol.